The fourth-order valence-corrected chi connectivity index (χ4v) is 1.93. The second-order valence-corrected chi connectivity index (χ2v) is 4.53. The molecule has 0 saturated carbocycles. The molecule has 0 heterocycles. The Morgan fingerprint density at radius 2 is 1.76 bits per heavy atom. The molecule has 2 atom stereocenters. The van der Waals surface area contributed by atoms with E-state index in [0.717, 1.165) is 5.56 Å². The molecule has 0 bridgehead atoms. The number of hydrogen-bond acceptors (Lipinski definition) is 4. The fraction of sp³-hybridized carbons (Fsp3) is 0.353. The Kier molecular flexibility index (Phi) is 7.26. The lowest BCUT2D eigenvalue weighted by Crippen LogP contribution is -2.21. The molecule has 0 spiro atoms. The monoisotopic (exact) mass is 290 g/mol. The maximum atomic E-state index is 11.3. The molecule has 0 amide bonds. The van der Waals surface area contributed by atoms with Crippen molar-refractivity contribution in [3.8, 4) is 0 Å². The van der Waals surface area contributed by atoms with Gasteiger partial charge in [0, 0.05) is 13.0 Å². The molecule has 0 fully saturated rings. The van der Waals surface area contributed by atoms with Crippen LogP contribution in [0.4, 0.5) is 0 Å². The van der Waals surface area contributed by atoms with E-state index in [2.05, 4.69) is 4.74 Å². The summed E-state index contributed by atoms with van der Waals surface area (Å²) in [5, 5.41) is 0. The summed E-state index contributed by atoms with van der Waals surface area (Å²) in [7, 11) is 4.49. The van der Waals surface area contributed by atoms with Gasteiger partial charge in [0.25, 0.3) is 0 Å². The highest BCUT2D eigenvalue weighted by atomic mass is 16.5. The zero-order valence-electron chi connectivity index (χ0n) is 12.9. The van der Waals surface area contributed by atoms with E-state index in [4.69, 9.17) is 9.47 Å². The molecule has 1 aromatic rings. The molecule has 4 heteroatoms. The van der Waals surface area contributed by atoms with E-state index in [9.17, 15) is 4.79 Å². The highest BCUT2D eigenvalue weighted by molar-refractivity contribution is 5.82. The van der Waals surface area contributed by atoms with Crippen LogP contribution in [0, 0.1) is 5.92 Å². The summed E-state index contributed by atoms with van der Waals surface area (Å²) in [6, 6.07) is 9.94. The van der Waals surface area contributed by atoms with E-state index in [1.54, 1.807) is 7.11 Å². The second kappa shape index (κ2) is 8.97. The summed E-state index contributed by atoms with van der Waals surface area (Å²) in [5.41, 5.74) is 1.09. The lowest BCUT2D eigenvalue weighted by molar-refractivity contribution is -0.135. The van der Waals surface area contributed by atoms with Crippen LogP contribution in [0.3, 0.4) is 0 Å². The number of hydrogen-bond donors (Lipinski definition) is 0. The fourth-order valence-electron chi connectivity index (χ4n) is 1.93. The molecule has 0 saturated heterocycles. The normalized spacial score (nSPS) is 14.8. The number of benzene rings is 1. The van der Waals surface area contributed by atoms with Gasteiger partial charge < -0.3 is 14.2 Å². The van der Waals surface area contributed by atoms with Crippen LogP contribution in [0.2, 0.25) is 0 Å². The van der Waals surface area contributed by atoms with Crippen molar-refractivity contribution >= 4 is 12.0 Å². The van der Waals surface area contributed by atoms with Crippen LogP contribution in [0.15, 0.2) is 48.2 Å². The second-order valence-electron chi connectivity index (χ2n) is 4.53. The molecular formula is C17H22O4. The number of methoxy groups -OCH3 is 3. The number of carbonyl (C=O) groups excluding carboxylic acids is 1. The molecule has 1 aromatic carbocycles. The minimum absolute atomic E-state index is 0.112. The summed E-state index contributed by atoms with van der Waals surface area (Å²) >= 11 is 0. The minimum Gasteiger partial charge on any atom is -0.500 e. The van der Waals surface area contributed by atoms with Gasteiger partial charge in [-0.1, -0.05) is 49.4 Å². The summed E-state index contributed by atoms with van der Waals surface area (Å²) in [6.07, 6.45) is 5.06. The van der Waals surface area contributed by atoms with Gasteiger partial charge in [-0.15, -0.1) is 0 Å². The summed E-state index contributed by atoms with van der Waals surface area (Å²) in [4.78, 5) is 11.3. The van der Waals surface area contributed by atoms with Crippen LogP contribution in [0.1, 0.15) is 12.5 Å². The van der Waals surface area contributed by atoms with Gasteiger partial charge >= 0.3 is 5.97 Å². The summed E-state index contributed by atoms with van der Waals surface area (Å²) < 4.78 is 15.4. The van der Waals surface area contributed by atoms with Gasteiger partial charge in [0.2, 0.25) is 0 Å². The van der Waals surface area contributed by atoms with Gasteiger partial charge in [0.1, 0.15) is 5.76 Å². The minimum atomic E-state index is -0.444. The van der Waals surface area contributed by atoms with Gasteiger partial charge in [-0.25, -0.2) is 4.79 Å². The van der Waals surface area contributed by atoms with Gasteiger partial charge in [-0.3, -0.25) is 0 Å². The average molecular weight is 290 g/mol. The predicted molar refractivity (Wildman–Crippen MR) is 82.5 cm³/mol. The van der Waals surface area contributed by atoms with Gasteiger partial charge in [-0.05, 0) is 5.56 Å². The topological polar surface area (TPSA) is 44.8 Å². The molecule has 0 aliphatic carbocycles. The number of carbonyl (C=O) groups is 1. The molecule has 0 radical (unpaired) electrons. The van der Waals surface area contributed by atoms with E-state index < -0.39 is 5.97 Å². The first-order valence-corrected chi connectivity index (χ1v) is 6.72. The van der Waals surface area contributed by atoms with Crippen LogP contribution in [0.5, 0.6) is 0 Å². The van der Waals surface area contributed by atoms with Crippen molar-refractivity contribution in [1.82, 2.24) is 0 Å². The third-order valence-electron chi connectivity index (χ3n) is 3.19. The lowest BCUT2D eigenvalue weighted by atomic mass is 10.0. The third kappa shape index (κ3) is 5.44. The van der Waals surface area contributed by atoms with E-state index in [1.807, 2.05) is 49.4 Å². The Morgan fingerprint density at radius 1 is 1.10 bits per heavy atom. The summed E-state index contributed by atoms with van der Waals surface area (Å²) in [6.45, 7) is 1.93. The Labute approximate surface area is 126 Å². The largest absolute Gasteiger partial charge is 0.500 e. The third-order valence-corrected chi connectivity index (χ3v) is 3.19. The molecule has 1 rings (SSSR count). The molecule has 0 aliphatic heterocycles. The number of ether oxygens (including phenoxy) is 3. The van der Waals surface area contributed by atoms with E-state index >= 15 is 0 Å². The smallest absolute Gasteiger partial charge is 0.333 e. The molecule has 4 nitrogen and oxygen atoms in total. The highest BCUT2D eigenvalue weighted by Gasteiger charge is 2.20. The molecule has 0 aliphatic rings. The zero-order valence-corrected chi connectivity index (χ0v) is 12.9. The lowest BCUT2D eigenvalue weighted by Gasteiger charge is -2.21. The van der Waals surface area contributed by atoms with Crippen molar-refractivity contribution in [2.75, 3.05) is 21.3 Å². The molecule has 0 aromatic heterocycles. The van der Waals surface area contributed by atoms with Crippen LogP contribution < -0.4 is 0 Å². The molecule has 21 heavy (non-hydrogen) atoms. The van der Waals surface area contributed by atoms with Crippen molar-refractivity contribution in [3.63, 3.8) is 0 Å². The average Bonchev–Trinajstić information content (AvgIpc) is 2.53. The van der Waals surface area contributed by atoms with Crippen LogP contribution in [0.25, 0.3) is 6.08 Å². The van der Waals surface area contributed by atoms with Crippen LogP contribution in [-0.4, -0.2) is 33.4 Å². The van der Waals surface area contributed by atoms with Crippen molar-refractivity contribution in [1.29, 1.82) is 0 Å². The first-order valence-electron chi connectivity index (χ1n) is 6.72. The maximum absolute atomic E-state index is 11.3. The van der Waals surface area contributed by atoms with Crippen molar-refractivity contribution in [3.05, 3.63) is 53.8 Å². The SMILES string of the molecule is COC(=O)/C=C(/OC)[C@@H](C)[C@@H](/C=C/c1ccccc1)OC. The maximum Gasteiger partial charge on any atom is 0.333 e. The van der Waals surface area contributed by atoms with Gasteiger partial charge in [0.15, 0.2) is 0 Å². The quantitative estimate of drug-likeness (QED) is 0.440. The summed E-state index contributed by atoms with van der Waals surface area (Å²) in [5.74, 6) is -0.0361. The van der Waals surface area contributed by atoms with Crippen molar-refractivity contribution < 1.29 is 19.0 Å². The van der Waals surface area contributed by atoms with E-state index in [-0.39, 0.29) is 12.0 Å². The van der Waals surface area contributed by atoms with Crippen LogP contribution in [-0.2, 0) is 19.0 Å². The molecule has 114 valence electrons. The molecule has 0 N–H and O–H groups in total. The van der Waals surface area contributed by atoms with Gasteiger partial charge in [0.05, 0.1) is 26.4 Å². The van der Waals surface area contributed by atoms with Crippen molar-refractivity contribution in [2.24, 2.45) is 5.92 Å². The van der Waals surface area contributed by atoms with E-state index in [0.29, 0.717) is 5.76 Å². The Balaban J connectivity index is 2.85. The Bertz CT molecular complexity index is 491. The standard InChI is InChI=1S/C17H22O4/c1-13(16(20-3)12-17(18)21-4)15(19-2)11-10-14-8-6-5-7-9-14/h5-13,15H,1-4H3/b11-10+,16-12+/t13-,15+/m0/s1. The van der Waals surface area contributed by atoms with Crippen molar-refractivity contribution in [2.45, 2.75) is 13.0 Å². The number of rotatable bonds is 7. The first-order chi connectivity index (χ1) is 10.1. The molecule has 0 unspecified atom stereocenters. The molecular weight excluding hydrogens is 268 g/mol. The number of esters is 1. The predicted octanol–water partition coefficient (Wildman–Crippen LogP) is 3.05. The van der Waals surface area contributed by atoms with Crippen LogP contribution >= 0.6 is 0 Å². The van der Waals surface area contributed by atoms with E-state index in [1.165, 1.54) is 20.3 Å². The highest BCUT2D eigenvalue weighted by Crippen LogP contribution is 2.20. The zero-order chi connectivity index (χ0) is 15.7. The Morgan fingerprint density at radius 3 is 2.29 bits per heavy atom. The Hall–Kier alpha value is -2.07. The first kappa shape index (κ1) is 17.0. The van der Waals surface area contributed by atoms with Gasteiger partial charge in [-0.2, -0.15) is 0 Å².